The van der Waals surface area contributed by atoms with Crippen molar-refractivity contribution in [2.45, 2.75) is 185 Å². The van der Waals surface area contributed by atoms with Crippen molar-refractivity contribution >= 4 is 33.4 Å². The summed E-state index contributed by atoms with van der Waals surface area (Å²) in [7, 11) is -11.0. The molecule has 398 valence electrons. The van der Waals surface area contributed by atoms with Crippen molar-refractivity contribution in [3.8, 4) is 0 Å². The van der Waals surface area contributed by atoms with E-state index in [1.807, 2.05) is 18.2 Å². The summed E-state index contributed by atoms with van der Waals surface area (Å²) in [6.45, 7) is 1.71. The number of carbonyl (C=O) groups is 2. The van der Waals surface area contributed by atoms with Gasteiger partial charge in [-0.05, 0) is 83.1 Å². The summed E-state index contributed by atoms with van der Waals surface area (Å²) in [6, 6.07) is 1.23. The van der Waals surface area contributed by atoms with Gasteiger partial charge in [0.2, 0.25) is 0 Å². The number of allylic oxidation sites excluding steroid dienone is 9. The zero-order valence-corrected chi connectivity index (χ0v) is 42.6. The van der Waals surface area contributed by atoms with Gasteiger partial charge in [0.05, 0.1) is 25.4 Å². The normalized spacial score (nSPS) is 20.7. The maximum atomic E-state index is 12.8. The quantitative estimate of drug-likeness (QED) is 0.0145. The summed E-state index contributed by atoms with van der Waals surface area (Å²) in [4.78, 5) is 61.9. The number of carbonyl (C=O) groups excluding carboxylic acids is 2. The third-order valence-electron chi connectivity index (χ3n) is 10.8. The molecule has 0 aliphatic carbocycles. The van der Waals surface area contributed by atoms with Crippen molar-refractivity contribution in [2.24, 2.45) is 0 Å². The highest BCUT2D eigenvalue weighted by atomic mass is 31.3. The summed E-state index contributed by atoms with van der Waals surface area (Å²) in [5, 5.41) is 41.7. The zero-order chi connectivity index (χ0) is 51.6. The molecule has 1 fully saturated rings. The standard InChI is InChI=1S/C48H79N3O17P2/c1-3-5-7-9-11-13-15-17-19-21-23-25-27-31-44(55)66-38(35-63-43(54)32-28-30-40(53)39(52)29-26-24-22-20-18-16-14-12-10-8-6-4-2)36-64-69(59,60)68-70(61,62)65-37-41-45(56)46(57)47(67-41)51-34-33-42(49)50-48(51)58/h6,8,12-15,18,20,24,26,33-34,38-41,45-47,52-53,56-57H,3-5,7,9-11,16-17,19,21-23,25,27-32,35-37H2,1-2H3,(H,59,60)(H,61,62)(H2,49,50,58)/b8-6-,14-12-,15-13-,20-18-,26-24-/t38-,39+,40+,41-,45-,46-,47-/m1/s1. The fraction of sp³-hybridized carbons (Fsp3) is 0.667. The van der Waals surface area contributed by atoms with Crippen molar-refractivity contribution in [3.63, 3.8) is 0 Å². The van der Waals surface area contributed by atoms with Crippen LogP contribution in [-0.2, 0) is 46.3 Å². The van der Waals surface area contributed by atoms with E-state index in [1.165, 1.54) is 31.7 Å². The molecule has 70 heavy (non-hydrogen) atoms. The Hall–Kier alpha value is -3.62. The van der Waals surface area contributed by atoms with Crippen LogP contribution in [0.3, 0.4) is 0 Å². The lowest BCUT2D eigenvalue weighted by atomic mass is 10.0. The van der Waals surface area contributed by atoms with Crippen LogP contribution in [0, 0.1) is 0 Å². The molecule has 8 N–H and O–H groups in total. The van der Waals surface area contributed by atoms with Crippen LogP contribution < -0.4 is 11.4 Å². The molecule has 0 saturated carbocycles. The van der Waals surface area contributed by atoms with E-state index in [4.69, 9.17) is 29.0 Å². The largest absolute Gasteiger partial charge is 0.481 e. The van der Waals surface area contributed by atoms with Crippen LogP contribution in [-0.4, -0.2) is 108 Å². The number of nitrogens with two attached hydrogens (primary N) is 1. The Labute approximate surface area is 412 Å². The van der Waals surface area contributed by atoms with E-state index in [1.54, 1.807) is 6.08 Å². The fourth-order valence-corrected chi connectivity index (χ4v) is 8.97. The number of anilines is 1. The Morgan fingerprint density at radius 2 is 1.34 bits per heavy atom. The Morgan fingerprint density at radius 1 is 0.757 bits per heavy atom. The molecule has 0 spiro atoms. The number of aromatic nitrogens is 2. The van der Waals surface area contributed by atoms with Crippen molar-refractivity contribution in [3.05, 3.63) is 83.5 Å². The summed E-state index contributed by atoms with van der Waals surface area (Å²) < 4.78 is 56.5. The molecule has 22 heteroatoms. The van der Waals surface area contributed by atoms with Crippen LogP contribution in [0.2, 0.25) is 0 Å². The maximum Gasteiger partial charge on any atom is 0.481 e. The van der Waals surface area contributed by atoms with E-state index in [0.717, 1.165) is 68.6 Å². The van der Waals surface area contributed by atoms with Crippen LogP contribution in [0.5, 0.6) is 0 Å². The molecular weight excluding hydrogens is 952 g/mol. The number of aliphatic hydroxyl groups excluding tert-OH is 4. The Kier molecular flexibility index (Phi) is 32.4. The zero-order valence-electron chi connectivity index (χ0n) is 40.8. The number of hydrogen-bond donors (Lipinski definition) is 7. The Morgan fingerprint density at radius 3 is 1.99 bits per heavy atom. The van der Waals surface area contributed by atoms with Gasteiger partial charge >= 0.3 is 33.3 Å². The van der Waals surface area contributed by atoms with Gasteiger partial charge in [0.25, 0.3) is 0 Å². The van der Waals surface area contributed by atoms with Crippen molar-refractivity contribution < 1.29 is 76.5 Å². The predicted octanol–water partition coefficient (Wildman–Crippen LogP) is 7.49. The number of hydrogen-bond acceptors (Lipinski definition) is 17. The van der Waals surface area contributed by atoms with Crippen LogP contribution in [0.25, 0.3) is 0 Å². The van der Waals surface area contributed by atoms with Gasteiger partial charge in [0, 0.05) is 19.0 Å². The SMILES string of the molecule is CC/C=C\C/C=C\C/C=C\C/C=C\C[C@H](O)[C@@H](O)CCCC(=O)OC[C@H](COP(=O)(O)OP(=O)(O)OC[C@H]1O[C@@H](n2ccc(N)nc2=O)[C@H](O)[C@@H]1O)OC(=O)CCCCCCC/C=C\CCCCCC. The molecule has 1 aromatic heterocycles. The lowest BCUT2D eigenvalue weighted by Crippen LogP contribution is -2.36. The van der Waals surface area contributed by atoms with Crippen molar-refractivity contribution in [2.75, 3.05) is 25.6 Å². The van der Waals surface area contributed by atoms with E-state index in [0.29, 0.717) is 12.8 Å². The number of rotatable bonds is 39. The number of phosphoric acid groups is 2. The van der Waals surface area contributed by atoms with Crippen molar-refractivity contribution in [1.29, 1.82) is 0 Å². The minimum Gasteiger partial charge on any atom is -0.462 e. The Bertz CT molecular complexity index is 1940. The molecule has 0 aromatic carbocycles. The third-order valence-corrected chi connectivity index (χ3v) is 13.4. The van der Waals surface area contributed by atoms with Crippen LogP contribution in [0.1, 0.15) is 148 Å². The summed E-state index contributed by atoms with van der Waals surface area (Å²) in [6.07, 6.45) is 26.2. The molecule has 20 nitrogen and oxygen atoms in total. The summed E-state index contributed by atoms with van der Waals surface area (Å²) in [5.41, 5.74) is 4.56. The van der Waals surface area contributed by atoms with Crippen LogP contribution in [0.15, 0.2) is 77.8 Å². The van der Waals surface area contributed by atoms with Crippen molar-refractivity contribution in [1.82, 2.24) is 9.55 Å². The smallest absolute Gasteiger partial charge is 0.462 e. The molecule has 1 aromatic rings. The molecule has 1 saturated heterocycles. The van der Waals surface area contributed by atoms with E-state index in [9.17, 15) is 53.7 Å². The van der Waals surface area contributed by atoms with Gasteiger partial charge < -0.3 is 50.2 Å². The summed E-state index contributed by atoms with van der Waals surface area (Å²) in [5.74, 6) is -1.61. The van der Waals surface area contributed by atoms with Gasteiger partial charge in [-0.3, -0.25) is 23.2 Å². The minimum atomic E-state index is -5.49. The molecule has 0 amide bonds. The maximum absolute atomic E-state index is 12.8. The Balaban J connectivity index is 1.88. The first kappa shape index (κ1) is 62.5. The number of unbranched alkanes of at least 4 members (excludes halogenated alkanes) is 9. The van der Waals surface area contributed by atoms with E-state index in [-0.39, 0.29) is 37.9 Å². The molecule has 2 unspecified atom stereocenters. The van der Waals surface area contributed by atoms with Gasteiger partial charge in [0.15, 0.2) is 12.3 Å². The van der Waals surface area contributed by atoms with E-state index < -0.39 is 95.9 Å². The minimum absolute atomic E-state index is 0.0235. The third kappa shape index (κ3) is 28.4. The fourth-order valence-electron chi connectivity index (χ4n) is 6.86. The van der Waals surface area contributed by atoms with Gasteiger partial charge in [-0.1, -0.05) is 113 Å². The highest BCUT2D eigenvalue weighted by molar-refractivity contribution is 7.61. The number of esters is 2. The number of aliphatic hydroxyl groups is 4. The number of phosphoric ester groups is 2. The second-order valence-electron chi connectivity index (χ2n) is 16.9. The molecule has 1 aliphatic rings. The first-order chi connectivity index (χ1) is 33.5. The molecular formula is C48H79N3O17P2. The summed E-state index contributed by atoms with van der Waals surface area (Å²) >= 11 is 0. The lowest BCUT2D eigenvalue weighted by molar-refractivity contribution is -0.161. The molecule has 0 radical (unpaired) electrons. The average molecular weight is 1030 g/mol. The molecule has 9 atom stereocenters. The highest BCUT2D eigenvalue weighted by Gasteiger charge is 2.46. The topological polar surface area (TPSA) is 306 Å². The highest BCUT2D eigenvalue weighted by Crippen LogP contribution is 2.60. The molecule has 2 rings (SSSR count). The van der Waals surface area contributed by atoms with E-state index >= 15 is 0 Å². The van der Waals surface area contributed by atoms with Gasteiger partial charge in [0.1, 0.15) is 30.7 Å². The first-order valence-electron chi connectivity index (χ1n) is 24.5. The number of nitrogen functional groups attached to an aromatic ring is 1. The van der Waals surface area contributed by atoms with Gasteiger partial charge in [-0.2, -0.15) is 9.29 Å². The predicted molar refractivity (Wildman–Crippen MR) is 264 cm³/mol. The van der Waals surface area contributed by atoms with Gasteiger partial charge in [-0.25, -0.2) is 13.9 Å². The number of ether oxygens (including phenoxy) is 3. The van der Waals surface area contributed by atoms with E-state index in [2.05, 4.69) is 59.6 Å². The van der Waals surface area contributed by atoms with Crippen LogP contribution in [0.4, 0.5) is 5.82 Å². The lowest BCUT2D eigenvalue weighted by Gasteiger charge is -2.21. The second-order valence-corrected chi connectivity index (χ2v) is 19.9. The molecule has 2 heterocycles. The monoisotopic (exact) mass is 1030 g/mol. The van der Waals surface area contributed by atoms with Crippen LogP contribution >= 0.6 is 15.6 Å². The average Bonchev–Trinajstić information content (AvgIpc) is 3.59. The molecule has 1 aliphatic heterocycles. The molecule has 0 bridgehead atoms. The first-order valence-corrected chi connectivity index (χ1v) is 27.5. The number of nitrogens with zero attached hydrogens (tertiary/aromatic N) is 2. The van der Waals surface area contributed by atoms with Gasteiger partial charge in [-0.15, -0.1) is 0 Å². The second kappa shape index (κ2) is 36.3.